The Morgan fingerprint density at radius 1 is 0.667 bits per heavy atom. The van der Waals surface area contributed by atoms with Crippen molar-refractivity contribution in [3.05, 3.63) is 0 Å². The van der Waals surface area contributed by atoms with Crippen molar-refractivity contribution in [2.75, 3.05) is 0 Å². The molecular weight excluding hydrogens is 352 g/mol. The zero-order chi connectivity index (χ0) is 17.6. The molecule has 0 rings (SSSR count). The van der Waals surface area contributed by atoms with Crippen LogP contribution in [0.1, 0.15) is 110 Å². The number of unbranched alkanes of at least 4 members (excludes halogenated alkanes) is 14. The second-order valence-electron chi connectivity index (χ2n) is 6.18. The van der Waals surface area contributed by atoms with Crippen molar-refractivity contribution in [3.63, 3.8) is 0 Å². The standard InChI is InChI=1S/C18H36O2.Mg.2O.Ti.2H/c1-2-3-4-5-6-7-8-9-10-11-12-13-14-15-16-17-18(19)20;;;;;;/h2-17H2,1H3,(H,19,20);;;;;;. The molecule has 0 aliphatic heterocycles. The van der Waals surface area contributed by atoms with Gasteiger partial charge in [-0.05, 0) is 6.42 Å². The van der Waals surface area contributed by atoms with E-state index < -0.39 is 25.1 Å². The van der Waals surface area contributed by atoms with E-state index in [9.17, 15) is 4.79 Å². The summed E-state index contributed by atoms with van der Waals surface area (Å²) in [5.74, 6) is -0.653. The molecule has 140 valence electrons. The fraction of sp³-hybridized carbons (Fsp3) is 0.944. The van der Waals surface area contributed by atoms with Crippen LogP contribution in [0.15, 0.2) is 0 Å². The second kappa shape index (κ2) is 28.4. The van der Waals surface area contributed by atoms with Crippen molar-refractivity contribution in [3.8, 4) is 0 Å². The molecule has 0 aromatic carbocycles. The Labute approximate surface area is 173 Å². The molecule has 1 N–H and O–H groups in total. The van der Waals surface area contributed by atoms with Gasteiger partial charge in [0.25, 0.3) is 0 Å². The number of hydrogen-bond donors (Lipinski definition) is 1. The summed E-state index contributed by atoms with van der Waals surface area (Å²) in [6.07, 6.45) is 20.2. The fourth-order valence-corrected chi connectivity index (χ4v) is 2.65. The minimum absolute atomic E-state index is 0. The number of carboxylic acid groups (broad SMARTS) is 1. The molecule has 0 amide bonds. The summed E-state index contributed by atoms with van der Waals surface area (Å²) in [7, 11) is 0. The van der Waals surface area contributed by atoms with Crippen LogP contribution >= 0.6 is 0 Å². The van der Waals surface area contributed by atoms with E-state index in [-0.39, 0.29) is 23.1 Å². The molecule has 0 radical (unpaired) electrons. The van der Waals surface area contributed by atoms with Gasteiger partial charge in [-0.3, -0.25) is 4.79 Å². The van der Waals surface area contributed by atoms with Crippen LogP contribution in [-0.2, 0) is 30.5 Å². The van der Waals surface area contributed by atoms with Crippen LogP contribution in [0.25, 0.3) is 0 Å². The van der Waals surface area contributed by atoms with Crippen LogP contribution in [0, 0.1) is 0 Å². The molecule has 4 nitrogen and oxygen atoms in total. The van der Waals surface area contributed by atoms with E-state index in [4.69, 9.17) is 11.8 Å². The van der Waals surface area contributed by atoms with Crippen molar-refractivity contribution in [2.45, 2.75) is 110 Å². The molecule has 0 unspecified atom stereocenters. The Balaban J connectivity index is -0.00000102. The normalized spacial score (nSPS) is 9.38. The molecule has 0 spiro atoms. The van der Waals surface area contributed by atoms with Gasteiger partial charge in [0.05, 0.1) is 0 Å². The Hall–Kier alpha value is 0.551. The third kappa shape index (κ3) is 34.0. The minimum atomic E-state index is -2.00. The fourth-order valence-electron chi connectivity index (χ4n) is 2.65. The van der Waals surface area contributed by atoms with E-state index in [2.05, 4.69) is 6.92 Å². The summed E-state index contributed by atoms with van der Waals surface area (Å²) in [5.41, 5.74) is 0. The first-order chi connectivity index (χ1) is 11.2. The molecular formula is C18H38MgO4Ti. The number of rotatable bonds is 16. The Kier molecular flexibility index (Phi) is 34.6. The third-order valence-corrected chi connectivity index (χ3v) is 3.99. The van der Waals surface area contributed by atoms with Gasteiger partial charge in [-0.15, -0.1) is 0 Å². The van der Waals surface area contributed by atoms with Gasteiger partial charge in [0.1, 0.15) is 0 Å². The van der Waals surface area contributed by atoms with Gasteiger partial charge in [-0.25, -0.2) is 0 Å². The number of aliphatic carboxylic acids is 1. The Morgan fingerprint density at radius 2 is 0.917 bits per heavy atom. The SMILES string of the molecule is CCCCCCCCCCCCCCCCCC(=O)O.[MgH2].[O]=[Ti]=[O]. The van der Waals surface area contributed by atoms with E-state index in [1.165, 1.54) is 83.5 Å². The molecule has 0 bridgehead atoms. The monoisotopic (exact) mass is 390 g/mol. The summed E-state index contributed by atoms with van der Waals surface area (Å²) < 4.78 is 17.0. The van der Waals surface area contributed by atoms with Crippen LogP contribution in [0.5, 0.6) is 0 Å². The summed E-state index contributed by atoms with van der Waals surface area (Å²) in [4.78, 5) is 10.3. The quantitative estimate of drug-likeness (QED) is 0.291. The number of carbonyl (C=O) groups is 1. The summed E-state index contributed by atoms with van der Waals surface area (Å²) in [6.45, 7) is 2.27. The predicted octanol–water partition coefficient (Wildman–Crippen LogP) is 5.18. The average molecular weight is 391 g/mol. The molecule has 0 aromatic rings. The maximum absolute atomic E-state index is 10.3. The molecule has 0 saturated heterocycles. The van der Waals surface area contributed by atoms with Gasteiger partial charge in [0.2, 0.25) is 0 Å². The van der Waals surface area contributed by atoms with Crippen LogP contribution in [0.3, 0.4) is 0 Å². The summed E-state index contributed by atoms with van der Waals surface area (Å²) in [5, 5.41) is 8.52. The van der Waals surface area contributed by atoms with E-state index >= 15 is 0 Å². The Bertz CT molecular complexity index is 282. The molecule has 6 heteroatoms. The van der Waals surface area contributed by atoms with Crippen molar-refractivity contribution in [1.82, 2.24) is 0 Å². The van der Waals surface area contributed by atoms with Crippen molar-refractivity contribution in [2.24, 2.45) is 0 Å². The first-order valence-corrected chi connectivity index (χ1v) is 10.7. The molecule has 0 fully saturated rings. The average Bonchev–Trinajstić information content (AvgIpc) is 2.51. The second-order valence-corrected chi connectivity index (χ2v) is 6.44. The maximum atomic E-state index is 10.3. The van der Waals surface area contributed by atoms with Gasteiger partial charge in [0, 0.05) is 6.42 Å². The third-order valence-electron chi connectivity index (χ3n) is 3.99. The van der Waals surface area contributed by atoms with Crippen molar-refractivity contribution >= 4 is 29.0 Å². The van der Waals surface area contributed by atoms with Crippen LogP contribution < -0.4 is 0 Å². The van der Waals surface area contributed by atoms with Gasteiger partial charge in [-0.1, -0.05) is 96.8 Å². The number of hydrogen-bond acceptors (Lipinski definition) is 3. The van der Waals surface area contributed by atoms with Crippen LogP contribution in [-0.4, -0.2) is 34.1 Å². The molecule has 0 aliphatic rings. The van der Waals surface area contributed by atoms with E-state index in [1.54, 1.807) is 0 Å². The molecule has 0 aromatic heterocycles. The summed E-state index contributed by atoms with van der Waals surface area (Å²) in [6, 6.07) is 0. The zero-order valence-electron chi connectivity index (χ0n) is 15.0. The van der Waals surface area contributed by atoms with E-state index in [0.717, 1.165) is 12.8 Å². The van der Waals surface area contributed by atoms with E-state index in [0.29, 0.717) is 6.42 Å². The van der Waals surface area contributed by atoms with Gasteiger partial charge < -0.3 is 5.11 Å². The number of carboxylic acids is 1. The van der Waals surface area contributed by atoms with E-state index in [1.807, 2.05) is 0 Å². The van der Waals surface area contributed by atoms with Crippen molar-refractivity contribution < 1.29 is 35.6 Å². The van der Waals surface area contributed by atoms with Crippen LogP contribution in [0.2, 0.25) is 0 Å². The molecule has 24 heavy (non-hydrogen) atoms. The first-order valence-electron chi connectivity index (χ1n) is 9.40. The topological polar surface area (TPSA) is 71.4 Å². The molecule has 0 saturated carbocycles. The molecule has 0 aliphatic carbocycles. The summed E-state index contributed by atoms with van der Waals surface area (Å²) >= 11 is -2.00. The van der Waals surface area contributed by atoms with Gasteiger partial charge >= 0.3 is 54.8 Å². The van der Waals surface area contributed by atoms with Gasteiger partial charge in [-0.2, -0.15) is 0 Å². The van der Waals surface area contributed by atoms with Crippen molar-refractivity contribution in [1.29, 1.82) is 0 Å². The molecule has 0 atom stereocenters. The Morgan fingerprint density at radius 3 is 1.17 bits per heavy atom. The van der Waals surface area contributed by atoms with Gasteiger partial charge in [0.15, 0.2) is 0 Å². The molecule has 0 heterocycles. The van der Waals surface area contributed by atoms with Crippen LogP contribution in [0.4, 0.5) is 0 Å². The first kappa shape index (κ1) is 29.3. The predicted molar refractivity (Wildman–Crippen MR) is 97.1 cm³/mol. The zero-order valence-corrected chi connectivity index (χ0v) is 16.5.